The summed E-state index contributed by atoms with van der Waals surface area (Å²) < 4.78 is 5.30. The molecule has 2 amide bonds. The van der Waals surface area contributed by atoms with E-state index in [-0.39, 0.29) is 5.56 Å². The number of methoxy groups -OCH3 is 1. The summed E-state index contributed by atoms with van der Waals surface area (Å²) in [6, 6.07) is 12.6. The number of aromatic nitrogens is 1. The Balaban J connectivity index is 2.02. The SMILES string of the molecule is COc1ccc2cccnc2c1C(=O)NC(C(N)=O)c1ccc(Cl)cc1. The minimum Gasteiger partial charge on any atom is -0.496 e. The van der Waals surface area contributed by atoms with E-state index in [1.807, 2.05) is 12.1 Å². The Labute approximate surface area is 154 Å². The van der Waals surface area contributed by atoms with Crippen molar-refractivity contribution in [3.8, 4) is 5.75 Å². The fourth-order valence-electron chi connectivity index (χ4n) is 2.69. The first-order valence-electron chi connectivity index (χ1n) is 7.78. The molecule has 0 radical (unpaired) electrons. The quantitative estimate of drug-likeness (QED) is 0.723. The van der Waals surface area contributed by atoms with Crippen molar-refractivity contribution in [1.29, 1.82) is 0 Å². The van der Waals surface area contributed by atoms with Crippen molar-refractivity contribution >= 4 is 34.3 Å². The molecule has 1 atom stereocenters. The molecule has 1 aromatic heterocycles. The third-order valence-corrected chi connectivity index (χ3v) is 4.20. The molecular weight excluding hydrogens is 354 g/mol. The minimum atomic E-state index is -1.01. The van der Waals surface area contributed by atoms with E-state index in [2.05, 4.69) is 10.3 Å². The van der Waals surface area contributed by atoms with Crippen molar-refractivity contribution in [3.05, 3.63) is 70.9 Å². The largest absolute Gasteiger partial charge is 0.496 e. The summed E-state index contributed by atoms with van der Waals surface area (Å²) >= 11 is 5.87. The lowest BCUT2D eigenvalue weighted by molar-refractivity contribution is -0.120. The van der Waals surface area contributed by atoms with Crippen LogP contribution in [0.1, 0.15) is 22.0 Å². The van der Waals surface area contributed by atoms with E-state index in [0.29, 0.717) is 21.9 Å². The molecule has 26 heavy (non-hydrogen) atoms. The summed E-state index contributed by atoms with van der Waals surface area (Å²) in [5, 5.41) is 3.95. The van der Waals surface area contributed by atoms with E-state index < -0.39 is 17.9 Å². The highest BCUT2D eigenvalue weighted by Gasteiger charge is 2.24. The van der Waals surface area contributed by atoms with Gasteiger partial charge in [-0.3, -0.25) is 14.6 Å². The fourth-order valence-corrected chi connectivity index (χ4v) is 2.82. The van der Waals surface area contributed by atoms with Gasteiger partial charge in [0.25, 0.3) is 5.91 Å². The first-order valence-corrected chi connectivity index (χ1v) is 8.16. The van der Waals surface area contributed by atoms with Crippen molar-refractivity contribution in [1.82, 2.24) is 10.3 Å². The molecule has 132 valence electrons. The van der Waals surface area contributed by atoms with Crippen molar-refractivity contribution in [2.45, 2.75) is 6.04 Å². The molecule has 0 fully saturated rings. The third kappa shape index (κ3) is 3.45. The van der Waals surface area contributed by atoms with Crippen molar-refractivity contribution < 1.29 is 14.3 Å². The van der Waals surface area contributed by atoms with Gasteiger partial charge < -0.3 is 15.8 Å². The van der Waals surface area contributed by atoms with Gasteiger partial charge in [0.15, 0.2) is 0 Å². The Hall–Kier alpha value is -3.12. The van der Waals surface area contributed by atoms with Gasteiger partial charge in [0.1, 0.15) is 17.4 Å². The number of nitrogens with zero attached hydrogens (tertiary/aromatic N) is 1. The average Bonchev–Trinajstić information content (AvgIpc) is 2.65. The monoisotopic (exact) mass is 369 g/mol. The van der Waals surface area contributed by atoms with Crippen LogP contribution in [0.5, 0.6) is 5.75 Å². The van der Waals surface area contributed by atoms with E-state index in [9.17, 15) is 9.59 Å². The number of rotatable bonds is 5. The molecule has 3 aromatic rings. The van der Waals surface area contributed by atoms with Crippen LogP contribution < -0.4 is 15.8 Å². The molecule has 6 nitrogen and oxygen atoms in total. The lowest BCUT2D eigenvalue weighted by Gasteiger charge is -2.18. The predicted molar refractivity (Wildman–Crippen MR) is 99.1 cm³/mol. The van der Waals surface area contributed by atoms with Crippen molar-refractivity contribution in [3.63, 3.8) is 0 Å². The van der Waals surface area contributed by atoms with E-state index in [1.54, 1.807) is 42.6 Å². The maximum atomic E-state index is 12.9. The van der Waals surface area contributed by atoms with E-state index in [4.69, 9.17) is 22.1 Å². The normalized spacial score (nSPS) is 11.8. The number of primary amides is 1. The van der Waals surface area contributed by atoms with Crippen LogP contribution in [0, 0.1) is 0 Å². The van der Waals surface area contributed by atoms with Crippen LogP contribution >= 0.6 is 11.6 Å². The maximum Gasteiger partial charge on any atom is 0.258 e. The molecule has 1 heterocycles. The number of benzene rings is 2. The summed E-state index contributed by atoms with van der Waals surface area (Å²) in [5.74, 6) is -0.842. The number of carbonyl (C=O) groups excluding carboxylic acids is 2. The number of hydrogen-bond donors (Lipinski definition) is 2. The number of fused-ring (bicyclic) bond motifs is 1. The molecule has 0 aliphatic heterocycles. The molecule has 0 saturated carbocycles. The zero-order valence-electron chi connectivity index (χ0n) is 13.9. The molecule has 3 rings (SSSR count). The Morgan fingerprint density at radius 3 is 2.54 bits per heavy atom. The number of amides is 2. The number of pyridine rings is 1. The Morgan fingerprint density at radius 2 is 1.88 bits per heavy atom. The Kier molecular flexibility index (Phi) is 5.04. The molecule has 0 aliphatic carbocycles. The van der Waals surface area contributed by atoms with Crippen LogP contribution in [0.25, 0.3) is 10.9 Å². The summed E-state index contributed by atoms with van der Waals surface area (Å²) in [6.45, 7) is 0. The van der Waals surface area contributed by atoms with Gasteiger partial charge in [-0.15, -0.1) is 0 Å². The van der Waals surface area contributed by atoms with E-state index in [1.165, 1.54) is 7.11 Å². The lowest BCUT2D eigenvalue weighted by atomic mass is 10.0. The Bertz CT molecular complexity index is 973. The van der Waals surface area contributed by atoms with E-state index >= 15 is 0 Å². The predicted octanol–water partition coefficient (Wildman–Crippen LogP) is 2.85. The zero-order chi connectivity index (χ0) is 18.7. The van der Waals surface area contributed by atoms with Gasteiger partial charge in [-0.25, -0.2) is 0 Å². The molecule has 0 aliphatic rings. The molecule has 1 unspecified atom stereocenters. The first kappa shape index (κ1) is 17.7. The zero-order valence-corrected chi connectivity index (χ0v) is 14.7. The van der Waals surface area contributed by atoms with Gasteiger partial charge in [-0.1, -0.05) is 29.8 Å². The van der Waals surface area contributed by atoms with Crippen LogP contribution in [-0.4, -0.2) is 23.9 Å². The first-order chi connectivity index (χ1) is 12.5. The highest BCUT2D eigenvalue weighted by molar-refractivity contribution is 6.30. The Morgan fingerprint density at radius 1 is 1.15 bits per heavy atom. The molecule has 0 bridgehead atoms. The lowest BCUT2D eigenvalue weighted by Crippen LogP contribution is -2.37. The minimum absolute atomic E-state index is 0.241. The second kappa shape index (κ2) is 7.41. The molecular formula is C19H16ClN3O3. The molecule has 3 N–H and O–H groups in total. The van der Waals surface area contributed by atoms with Gasteiger partial charge in [-0.2, -0.15) is 0 Å². The summed E-state index contributed by atoms with van der Waals surface area (Å²) in [7, 11) is 1.46. The topological polar surface area (TPSA) is 94.3 Å². The third-order valence-electron chi connectivity index (χ3n) is 3.95. The number of halogens is 1. The number of carbonyl (C=O) groups is 2. The highest BCUT2D eigenvalue weighted by Crippen LogP contribution is 2.27. The summed E-state index contributed by atoms with van der Waals surface area (Å²) in [5.41, 5.74) is 6.73. The number of ether oxygens (including phenoxy) is 1. The van der Waals surface area contributed by atoms with Gasteiger partial charge in [0.05, 0.1) is 12.6 Å². The summed E-state index contributed by atoms with van der Waals surface area (Å²) in [4.78, 5) is 29.1. The second-order valence-corrected chi connectivity index (χ2v) is 6.01. The standard InChI is InChI=1S/C19H16ClN3O3/c1-26-14-9-6-11-3-2-10-22-16(11)15(14)19(25)23-17(18(21)24)12-4-7-13(20)8-5-12/h2-10,17H,1H3,(H2,21,24)(H,23,25). The number of hydrogen-bond acceptors (Lipinski definition) is 4. The molecule has 2 aromatic carbocycles. The fraction of sp³-hybridized carbons (Fsp3) is 0.105. The van der Waals surface area contributed by atoms with Crippen LogP contribution in [0.2, 0.25) is 5.02 Å². The number of nitrogens with two attached hydrogens (primary N) is 1. The highest BCUT2D eigenvalue weighted by atomic mass is 35.5. The van der Waals surface area contributed by atoms with Gasteiger partial charge >= 0.3 is 0 Å². The van der Waals surface area contributed by atoms with Crippen molar-refractivity contribution in [2.75, 3.05) is 7.11 Å². The average molecular weight is 370 g/mol. The summed E-state index contributed by atoms with van der Waals surface area (Å²) in [6.07, 6.45) is 1.59. The second-order valence-electron chi connectivity index (χ2n) is 5.58. The molecule has 0 spiro atoms. The van der Waals surface area contributed by atoms with Crippen molar-refractivity contribution in [2.24, 2.45) is 5.73 Å². The smallest absolute Gasteiger partial charge is 0.258 e. The van der Waals surface area contributed by atoms with Gasteiger partial charge in [0.2, 0.25) is 5.91 Å². The van der Waals surface area contributed by atoms with Gasteiger partial charge in [0, 0.05) is 16.6 Å². The van der Waals surface area contributed by atoms with E-state index in [0.717, 1.165) is 5.39 Å². The van der Waals surface area contributed by atoms with Crippen LogP contribution in [0.3, 0.4) is 0 Å². The number of nitrogens with one attached hydrogen (secondary N) is 1. The molecule has 0 saturated heterocycles. The maximum absolute atomic E-state index is 12.9. The van der Waals surface area contributed by atoms with Crippen LogP contribution in [0.4, 0.5) is 0 Å². The van der Waals surface area contributed by atoms with Gasteiger partial charge in [-0.05, 0) is 35.9 Å². The van der Waals surface area contributed by atoms with Crippen LogP contribution in [-0.2, 0) is 4.79 Å². The van der Waals surface area contributed by atoms with Crippen LogP contribution in [0.15, 0.2) is 54.7 Å². The molecule has 7 heteroatoms.